The van der Waals surface area contributed by atoms with Crippen LogP contribution in [0.2, 0.25) is 0 Å². The van der Waals surface area contributed by atoms with Crippen LogP contribution >= 0.6 is 0 Å². The summed E-state index contributed by atoms with van der Waals surface area (Å²) in [7, 11) is 1.66. The van der Waals surface area contributed by atoms with Crippen molar-refractivity contribution in [3.63, 3.8) is 0 Å². The number of ether oxygens (including phenoxy) is 2. The fraction of sp³-hybridized carbons (Fsp3) is 0.350. The van der Waals surface area contributed by atoms with Crippen molar-refractivity contribution in [2.45, 2.75) is 33.2 Å². The molecule has 2 aromatic rings. The van der Waals surface area contributed by atoms with E-state index in [0.717, 1.165) is 11.1 Å². The highest BCUT2D eigenvalue weighted by Crippen LogP contribution is 2.19. The number of guanidine groups is 1. The molecule has 146 valence electrons. The third-order valence-electron chi connectivity index (χ3n) is 3.73. The molecule has 2 N–H and O–H groups in total. The summed E-state index contributed by atoms with van der Waals surface area (Å²) in [6.45, 7) is 1.19. The maximum atomic E-state index is 12.5. The zero-order valence-electron chi connectivity index (χ0n) is 15.5. The van der Waals surface area contributed by atoms with Gasteiger partial charge in [0, 0.05) is 25.8 Å². The minimum atomic E-state index is -2.85. The maximum absolute atomic E-state index is 12.5. The van der Waals surface area contributed by atoms with Crippen LogP contribution in [0.1, 0.15) is 23.6 Å². The number of halogens is 2. The number of hydrogen-bond donors (Lipinski definition) is 2. The monoisotopic (exact) mass is 377 g/mol. The normalized spacial score (nSPS) is 11.5. The molecule has 27 heavy (non-hydrogen) atoms. The molecule has 0 aliphatic rings. The minimum Gasteiger partial charge on any atom is -0.434 e. The second-order valence-corrected chi connectivity index (χ2v) is 5.78. The van der Waals surface area contributed by atoms with Crippen LogP contribution in [0, 0.1) is 0 Å². The van der Waals surface area contributed by atoms with E-state index in [1.54, 1.807) is 25.3 Å². The van der Waals surface area contributed by atoms with Crippen molar-refractivity contribution >= 4 is 5.96 Å². The first-order valence-corrected chi connectivity index (χ1v) is 8.74. The van der Waals surface area contributed by atoms with Gasteiger partial charge < -0.3 is 20.1 Å². The van der Waals surface area contributed by atoms with Gasteiger partial charge in [0.25, 0.3) is 0 Å². The van der Waals surface area contributed by atoms with Crippen molar-refractivity contribution in [2.75, 3.05) is 13.7 Å². The molecule has 0 fully saturated rings. The highest BCUT2D eigenvalue weighted by molar-refractivity contribution is 5.79. The predicted octanol–water partition coefficient (Wildman–Crippen LogP) is 3.69. The summed E-state index contributed by atoms with van der Waals surface area (Å²) in [6.07, 6.45) is 0. The van der Waals surface area contributed by atoms with Crippen LogP contribution < -0.4 is 15.4 Å². The molecule has 2 aromatic carbocycles. The molecule has 0 aromatic heterocycles. The Morgan fingerprint density at radius 3 is 2.41 bits per heavy atom. The molecule has 0 saturated carbocycles. The van der Waals surface area contributed by atoms with Gasteiger partial charge >= 0.3 is 6.61 Å². The zero-order valence-corrected chi connectivity index (χ0v) is 15.5. The molecule has 0 radical (unpaired) electrons. The number of hydrogen-bond acceptors (Lipinski definition) is 3. The quantitative estimate of drug-likeness (QED) is 0.517. The van der Waals surface area contributed by atoms with Crippen molar-refractivity contribution in [3.05, 3.63) is 65.2 Å². The van der Waals surface area contributed by atoms with Crippen molar-refractivity contribution in [3.8, 4) is 5.75 Å². The second kappa shape index (κ2) is 11.1. The highest BCUT2D eigenvalue weighted by Gasteiger charge is 2.09. The average Bonchev–Trinajstić information content (AvgIpc) is 2.66. The van der Waals surface area contributed by atoms with Gasteiger partial charge in [-0.3, -0.25) is 0 Å². The fourth-order valence-electron chi connectivity index (χ4n) is 2.46. The Morgan fingerprint density at radius 2 is 1.74 bits per heavy atom. The number of rotatable bonds is 9. The standard InChI is InChI=1S/C20H25F2N3O2/c1-3-23-20(24-12-15-8-10-16(11-9-15)14-26-2)25-13-17-6-4-5-7-18(17)27-19(21)22/h4-11,19H,3,12-14H2,1-2H3,(H2,23,24,25). The summed E-state index contributed by atoms with van der Waals surface area (Å²) in [5.74, 6) is 0.759. The molecule has 0 atom stereocenters. The average molecular weight is 377 g/mol. The molecule has 5 nitrogen and oxygen atoms in total. The molecular formula is C20H25F2N3O2. The Labute approximate surface area is 158 Å². The summed E-state index contributed by atoms with van der Waals surface area (Å²) in [5.41, 5.74) is 2.80. The second-order valence-electron chi connectivity index (χ2n) is 5.78. The molecule has 0 saturated heterocycles. The Kier molecular flexibility index (Phi) is 8.51. The molecule has 0 bridgehead atoms. The van der Waals surface area contributed by atoms with Crippen LogP contribution in [0.25, 0.3) is 0 Å². The van der Waals surface area contributed by atoms with Crippen LogP contribution in [0.5, 0.6) is 5.75 Å². The molecule has 0 aliphatic heterocycles. The third kappa shape index (κ3) is 7.22. The summed E-state index contributed by atoms with van der Waals surface area (Å²) >= 11 is 0. The van der Waals surface area contributed by atoms with Gasteiger partial charge in [0.2, 0.25) is 0 Å². The maximum Gasteiger partial charge on any atom is 0.387 e. The van der Waals surface area contributed by atoms with Gasteiger partial charge in [-0.05, 0) is 24.1 Å². The highest BCUT2D eigenvalue weighted by atomic mass is 19.3. The van der Waals surface area contributed by atoms with Crippen LogP contribution in [-0.4, -0.2) is 26.2 Å². The van der Waals surface area contributed by atoms with E-state index in [9.17, 15) is 8.78 Å². The Hall–Kier alpha value is -2.67. The summed E-state index contributed by atoms with van der Waals surface area (Å²) in [6, 6.07) is 14.7. The molecule has 2 rings (SSSR count). The Bertz CT molecular complexity index is 721. The number of para-hydroxylation sites is 1. The van der Waals surface area contributed by atoms with Crippen LogP contribution in [0.4, 0.5) is 8.78 Å². The van der Waals surface area contributed by atoms with Gasteiger partial charge in [-0.2, -0.15) is 8.78 Å². The lowest BCUT2D eigenvalue weighted by molar-refractivity contribution is -0.0504. The van der Waals surface area contributed by atoms with Crippen molar-refractivity contribution in [2.24, 2.45) is 4.99 Å². The van der Waals surface area contributed by atoms with Gasteiger partial charge in [0.1, 0.15) is 5.75 Å². The SMILES string of the molecule is CCNC(=NCc1ccc(COC)cc1)NCc1ccccc1OC(F)F. The predicted molar refractivity (Wildman–Crippen MR) is 102 cm³/mol. The van der Waals surface area contributed by atoms with Crippen molar-refractivity contribution in [1.29, 1.82) is 0 Å². The first kappa shape index (κ1) is 20.6. The van der Waals surface area contributed by atoms with E-state index in [2.05, 4.69) is 20.4 Å². The zero-order chi connectivity index (χ0) is 19.5. The third-order valence-corrected chi connectivity index (χ3v) is 3.73. The minimum absolute atomic E-state index is 0.157. The number of methoxy groups -OCH3 is 1. The summed E-state index contributed by atoms with van der Waals surface area (Å²) in [4.78, 5) is 4.54. The van der Waals surface area contributed by atoms with Gasteiger partial charge in [0.05, 0.1) is 13.2 Å². The van der Waals surface area contributed by atoms with Gasteiger partial charge in [-0.15, -0.1) is 0 Å². The number of aliphatic imine (C=N–C) groups is 1. The lowest BCUT2D eigenvalue weighted by atomic mass is 10.1. The van der Waals surface area contributed by atoms with E-state index in [1.807, 2.05) is 31.2 Å². The van der Waals surface area contributed by atoms with Gasteiger partial charge in [-0.25, -0.2) is 4.99 Å². The van der Waals surface area contributed by atoms with Gasteiger partial charge in [0.15, 0.2) is 5.96 Å². The first-order chi connectivity index (χ1) is 13.1. The molecule has 0 amide bonds. The van der Waals surface area contributed by atoms with E-state index in [0.29, 0.717) is 37.8 Å². The fourth-order valence-corrected chi connectivity index (χ4v) is 2.46. The van der Waals surface area contributed by atoms with Crippen molar-refractivity contribution < 1.29 is 18.3 Å². The van der Waals surface area contributed by atoms with Crippen molar-refractivity contribution in [1.82, 2.24) is 10.6 Å². The lowest BCUT2D eigenvalue weighted by Gasteiger charge is -2.14. The van der Waals surface area contributed by atoms with Crippen LogP contribution in [-0.2, 0) is 24.4 Å². The number of alkyl halides is 2. The number of benzene rings is 2. The largest absolute Gasteiger partial charge is 0.434 e. The lowest BCUT2D eigenvalue weighted by Crippen LogP contribution is -2.36. The van der Waals surface area contributed by atoms with E-state index in [-0.39, 0.29) is 5.75 Å². The van der Waals surface area contributed by atoms with Crippen LogP contribution in [0.15, 0.2) is 53.5 Å². The smallest absolute Gasteiger partial charge is 0.387 e. The van der Waals surface area contributed by atoms with E-state index >= 15 is 0 Å². The molecule has 0 spiro atoms. The topological polar surface area (TPSA) is 54.9 Å². The summed E-state index contributed by atoms with van der Waals surface area (Å²) in [5, 5.41) is 6.29. The Morgan fingerprint density at radius 1 is 1.04 bits per heavy atom. The molecule has 0 aliphatic carbocycles. The number of nitrogens with one attached hydrogen (secondary N) is 2. The summed E-state index contributed by atoms with van der Waals surface area (Å²) < 4.78 is 34.7. The first-order valence-electron chi connectivity index (χ1n) is 8.74. The molecular weight excluding hydrogens is 352 g/mol. The van der Waals surface area contributed by atoms with E-state index in [4.69, 9.17) is 4.74 Å². The van der Waals surface area contributed by atoms with E-state index in [1.165, 1.54) is 6.07 Å². The van der Waals surface area contributed by atoms with Crippen LogP contribution in [0.3, 0.4) is 0 Å². The molecule has 0 heterocycles. The molecule has 0 unspecified atom stereocenters. The Balaban J connectivity index is 1.99. The molecule has 7 heteroatoms. The van der Waals surface area contributed by atoms with Gasteiger partial charge in [-0.1, -0.05) is 42.5 Å². The van der Waals surface area contributed by atoms with E-state index < -0.39 is 6.61 Å². The number of nitrogens with zero attached hydrogens (tertiary/aromatic N) is 1.